The molecule has 0 saturated carbocycles. The molecule has 0 aliphatic carbocycles. The van der Waals surface area contributed by atoms with Crippen LogP contribution in [0.1, 0.15) is 20.3 Å². The molecule has 0 spiro atoms. The first-order valence-electron chi connectivity index (χ1n) is 5.59. The quantitative estimate of drug-likeness (QED) is 0.812. The molecule has 0 radical (unpaired) electrons. The summed E-state index contributed by atoms with van der Waals surface area (Å²) in [6, 6.07) is 1.68. The monoisotopic (exact) mass is 350 g/mol. The van der Waals surface area contributed by atoms with Gasteiger partial charge < -0.3 is 5.11 Å². The second-order valence-corrected chi connectivity index (χ2v) is 7.03. The third-order valence-electron chi connectivity index (χ3n) is 2.28. The lowest BCUT2D eigenvalue weighted by atomic mass is 10.1. The number of hydrogen-bond donors (Lipinski definition) is 2. The number of nitrogens with zero attached hydrogens (tertiary/aromatic N) is 1. The first kappa shape index (κ1) is 16.1. The van der Waals surface area contributed by atoms with Crippen LogP contribution in [0.15, 0.2) is 27.8 Å². The maximum atomic E-state index is 12.0. The molecule has 1 aromatic heterocycles. The van der Waals surface area contributed by atoms with E-state index in [4.69, 9.17) is 5.11 Å². The van der Waals surface area contributed by atoms with Crippen molar-refractivity contribution in [2.24, 2.45) is 5.92 Å². The molecule has 8 heteroatoms. The fourth-order valence-electron chi connectivity index (χ4n) is 1.44. The van der Waals surface area contributed by atoms with Crippen molar-refractivity contribution in [3.05, 3.63) is 22.8 Å². The molecule has 0 saturated heterocycles. The molecule has 0 bridgehead atoms. The van der Waals surface area contributed by atoms with Gasteiger partial charge in [-0.3, -0.25) is 4.79 Å². The van der Waals surface area contributed by atoms with Crippen molar-refractivity contribution < 1.29 is 18.3 Å². The minimum Gasteiger partial charge on any atom is -0.480 e. The fraction of sp³-hybridized carbons (Fsp3) is 0.455. The Kier molecular flexibility index (Phi) is 5.45. The van der Waals surface area contributed by atoms with Gasteiger partial charge in [0, 0.05) is 10.7 Å². The Morgan fingerprint density at radius 3 is 2.53 bits per heavy atom. The molecule has 106 valence electrons. The van der Waals surface area contributed by atoms with Crippen LogP contribution in [-0.4, -0.2) is 30.5 Å². The number of carboxylic acid groups (broad SMARTS) is 1. The molecule has 0 fully saturated rings. The van der Waals surface area contributed by atoms with Crippen molar-refractivity contribution in [1.29, 1.82) is 0 Å². The molecule has 0 aromatic carbocycles. The molecule has 0 aliphatic rings. The van der Waals surface area contributed by atoms with Gasteiger partial charge in [0.05, 0.1) is 0 Å². The van der Waals surface area contributed by atoms with Crippen LogP contribution in [0.5, 0.6) is 0 Å². The lowest BCUT2D eigenvalue weighted by Gasteiger charge is -2.16. The minimum absolute atomic E-state index is 0.0571. The van der Waals surface area contributed by atoms with E-state index in [0.29, 0.717) is 4.47 Å². The average Bonchev–Trinajstić information content (AvgIpc) is 2.27. The van der Waals surface area contributed by atoms with Crippen LogP contribution in [0.25, 0.3) is 0 Å². The lowest BCUT2D eigenvalue weighted by molar-refractivity contribution is -0.139. The van der Waals surface area contributed by atoms with Crippen molar-refractivity contribution in [2.75, 3.05) is 0 Å². The van der Waals surface area contributed by atoms with E-state index in [0.717, 1.165) is 0 Å². The highest BCUT2D eigenvalue weighted by atomic mass is 79.9. The van der Waals surface area contributed by atoms with Gasteiger partial charge in [-0.25, -0.2) is 13.4 Å². The predicted molar refractivity (Wildman–Crippen MR) is 73.1 cm³/mol. The van der Waals surface area contributed by atoms with E-state index in [-0.39, 0.29) is 17.4 Å². The molecule has 2 N–H and O–H groups in total. The molecule has 1 rings (SSSR count). The first-order valence-corrected chi connectivity index (χ1v) is 7.86. The van der Waals surface area contributed by atoms with Gasteiger partial charge in [-0.15, -0.1) is 0 Å². The zero-order chi connectivity index (χ0) is 14.6. The van der Waals surface area contributed by atoms with E-state index in [1.807, 2.05) is 13.8 Å². The Balaban J connectivity index is 2.94. The van der Waals surface area contributed by atoms with E-state index >= 15 is 0 Å². The number of carbonyl (C=O) groups is 1. The first-order chi connectivity index (χ1) is 8.72. The van der Waals surface area contributed by atoms with Crippen LogP contribution < -0.4 is 4.72 Å². The fourth-order valence-corrected chi connectivity index (χ4v) is 2.81. The molecule has 6 nitrogen and oxygen atoms in total. The molecule has 1 aromatic rings. The number of aromatic nitrogens is 1. The van der Waals surface area contributed by atoms with Crippen LogP contribution in [0, 0.1) is 5.92 Å². The number of halogens is 1. The van der Waals surface area contributed by atoms with Gasteiger partial charge in [-0.1, -0.05) is 13.8 Å². The van der Waals surface area contributed by atoms with E-state index in [1.165, 1.54) is 18.3 Å². The standard InChI is InChI=1S/C11H15BrN2O4S/c1-7(2)5-9(11(15)16)14-19(17,18)10-4-3-8(12)6-13-10/h3-4,6-7,9,14H,5H2,1-2H3,(H,15,16)/t9-/m1/s1. The molecule has 19 heavy (non-hydrogen) atoms. The number of aliphatic carboxylic acids is 1. The smallest absolute Gasteiger partial charge is 0.321 e. The molecular weight excluding hydrogens is 336 g/mol. The van der Waals surface area contributed by atoms with Gasteiger partial charge in [-0.05, 0) is 40.4 Å². The summed E-state index contributed by atoms with van der Waals surface area (Å²) in [7, 11) is -3.93. The topological polar surface area (TPSA) is 96.4 Å². The summed E-state index contributed by atoms with van der Waals surface area (Å²) >= 11 is 3.15. The SMILES string of the molecule is CC(C)C[C@@H](NS(=O)(=O)c1ccc(Br)cn1)C(=O)O. The molecule has 0 amide bonds. The Hall–Kier alpha value is -0.990. The highest BCUT2D eigenvalue weighted by Crippen LogP contribution is 2.13. The maximum Gasteiger partial charge on any atom is 0.321 e. The Labute approximate surface area is 120 Å². The zero-order valence-electron chi connectivity index (χ0n) is 10.5. The number of pyridine rings is 1. The van der Waals surface area contributed by atoms with Gasteiger partial charge in [0.1, 0.15) is 6.04 Å². The van der Waals surface area contributed by atoms with Crippen molar-refractivity contribution >= 4 is 31.9 Å². The highest BCUT2D eigenvalue weighted by Gasteiger charge is 2.26. The summed E-state index contributed by atoms with van der Waals surface area (Å²) in [5.74, 6) is -1.14. The van der Waals surface area contributed by atoms with Crippen LogP contribution in [0.2, 0.25) is 0 Å². The maximum absolute atomic E-state index is 12.0. The molecule has 1 heterocycles. The summed E-state index contributed by atoms with van der Waals surface area (Å²) in [5.41, 5.74) is 0. The second-order valence-electron chi connectivity index (χ2n) is 4.46. The van der Waals surface area contributed by atoms with Crippen LogP contribution >= 0.6 is 15.9 Å². The second kappa shape index (κ2) is 6.44. The summed E-state index contributed by atoms with van der Waals surface area (Å²) < 4.78 is 26.8. The van der Waals surface area contributed by atoms with Crippen molar-refractivity contribution in [2.45, 2.75) is 31.3 Å². The molecule has 0 aliphatic heterocycles. The van der Waals surface area contributed by atoms with Gasteiger partial charge >= 0.3 is 5.97 Å². The largest absolute Gasteiger partial charge is 0.480 e. The van der Waals surface area contributed by atoms with Gasteiger partial charge in [-0.2, -0.15) is 4.72 Å². The number of sulfonamides is 1. The van der Waals surface area contributed by atoms with Crippen LogP contribution in [-0.2, 0) is 14.8 Å². The van der Waals surface area contributed by atoms with Crippen LogP contribution in [0.4, 0.5) is 0 Å². The third kappa shape index (κ3) is 4.88. The van der Waals surface area contributed by atoms with Crippen molar-refractivity contribution in [3.8, 4) is 0 Å². The number of hydrogen-bond acceptors (Lipinski definition) is 4. The van der Waals surface area contributed by atoms with E-state index < -0.39 is 22.0 Å². The average molecular weight is 351 g/mol. The van der Waals surface area contributed by atoms with Crippen molar-refractivity contribution in [1.82, 2.24) is 9.71 Å². The predicted octanol–water partition coefficient (Wildman–Crippen LogP) is 1.62. The number of nitrogens with one attached hydrogen (secondary N) is 1. The Bertz CT molecular complexity index is 542. The molecule has 1 atom stereocenters. The van der Waals surface area contributed by atoms with Gasteiger partial charge in [0.25, 0.3) is 10.0 Å². The van der Waals surface area contributed by atoms with E-state index in [9.17, 15) is 13.2 Å². The Morgan fingerprint density at radius 1 is 1.47 bits per heavy atom. The Morgan fingerprint density at radius 2 is 2.11 bits per heavy atom. The lowest BCUT2D eigenvalue weighted by Crippen LogP contribution is -2.41. The summed E-state index contributed by atoms with van der Waals surface area (Å²) in [6.07, 6.45) is 1.55. The molecular formula is C11H15BrN2O4S. The normalized spacial score (nSPS) is 13.5. The van der Waals surface area contributed by atoms with Crippen molar-refractivity contribution in [3.63, 3.8) is 0 Å². The van der Waals surface area contributed by atoms with E-state index in [1.54, 1.807) is 0 Å². The zero-order valence-corrected chi connectivity index (χ0v) is 12.9. The van der Waals surface area contributed by atoms with Crippen LogP contribution in [0.3, 0.4) is 0 Å². The number of rotatable bonds is 6. The highest BCUT2D eigenvalue weighted by molar-refractivity contribution is 9.10. The summed E-state index contributed by atoms with van der Waals surface area (Å²) in [6.45, 7) is 3.64. The molecule has 0 unspecified atom stereocenters. The third-order valence-corrected chi connectivity index (χ3v) is 4.13. The number of carboxylic acids is 1. The minimum atomic E-state index is -3.93. The van der Waals surface area contributed by atoms with E-state index in [2.05, 4.69) is 25.6 Å². The summed E-state index contributed by atoms with van der Waals surface area (Å²) in [4.78, 5) is 14.8. The van der Waals surface area contributed by atoms with Gasteiger partial charge in [0.15, 0.2) is 5.03 Å². The van der Waals surface area contributed by atoms with Gasteiger partial charge in [0.2, 0.25) is 0 Å². The summed E-state index contributed by atoms with van der Waals surface area (Å²) in [5, 5.41) is 8.82.